The van der Waals surface area contributed by atoms with Gasteiger partial charge in [0.15, 0.2) is 0 Å². The molecular weight excluding hydrogens is 178 g/mol. The molecule has 0 fully saturated rings. The van der Waals surface area contributed by atoms with E-state index < -0.39 is 0 Å². The first-order valence-corrected chi connectivity index (χ1v) is 5.39. The molecule has 0 saturated heterocycles. The van der Waals surface area contributed by atoms with Crippen LogP contribution in [0, 0.1) is 0 Å². The topological polar surface area (TPSA) is 44.5 Å². The Morgan fingerprint density at radius 1 is 1.14 bits per heavy atom. The van der Waals surface area contributed by atoms with E-state index in [0.717, 1.165) is 19.4 Å². The van der Waals surface area contributed by atoms with Gasteiger partial charge in [-0.1, -0.05) is 0 Å². The molecule has 0 aliphatic rings. The van der Waals surface area contributed by atoms with E-state index in [2.05, 4.69) is 0 Å². The van der Waals surface area contributed by atoms with Crippen LogP contribution in [0.4, 0.5) is 0 Å². The van der Waals surface area contributed by atoms with Gasteiger partial charge in [-0.3, -0.25) is 0 Å². The van der Waals surface area contributed by atoms with Gasteiger partial charge in [-0.05, 0) is 40.5 Å². The summed E-state index contributed by atoms with van der Waals surface area (Å²) in [6.45, 7) is 10.3. The highest BCUT2D eigenvalue weighted by molar-refractivity contribution is 4.58. The SMILES string of the molecule is CC(N)CCCOCCOC(C)(C)C. The zero-order valence-corrected chi connectivity index (χ0v) is 10.0. The summed E-state index contributed by atoms with van der Waals surface area (Å²) in [6, 6.07) is 0.282. The summed E-state index contributed by atoms with van der Waals surface area (Å²) in [6.07, 6.45) is 2.06. The summed E-state index contributed by atoms with van der Waals surface area (Å²) in [5, 5.41) is 0. The van der Waals surface area contributed by atoms with E-state index in [4.69, 9.17) is 15.2 Å². The molecule has 0 aliphatic carbocycles. The van der Waals surface area contributed by atoms with Gasteiger partial charge in [-0.15, -0.1) is 0 Å². The van der Waals surface area contributed by atoms with E-state index in [0.29, 0.717) is 13.2 Å². The first-order chi connectivity index (χ1) is 6.42. The Hall–Kier alpha value is -0.120. The van der Waals surface area contributed by atoms with Gasteiger partial charge >= 0.3 is 0 Å². The van der Waals surface area contributed by atoms with Crippen LogP contribution in [0.1, 0.15) is 40.5 Å². The van der Waals surface area contributed by atoms with Crippen molar-refractivity contribution < 1.29 is 9.47 Å². The summed E-state index contributed by atoms with van der Waals surface area (Å²) in [5.74, 6) is 0. The number of ether oxygens (including phenoxy) is 2. The number of hydrogen-bond donors (Lipinski definition) is 1. The van der Waals surface area contributed by atoms with Gasteiger partial charge in [0, 0.05) is 12.6 Å². The highest BCUT2D eigenvalue weighted by Crippen LogP contribution is 2.05. The molecule has 3 nitrogen and oxygen atoms in total. The minimum atomic E-state index is -0.0604. The molecule has 0 radical (unpaired) electrons. The van der Waals surface area contributed by atoms with Crippen LogP contribution in [0.3, 0.4) is 0 Å². The van der Waals surface area contributed by atoms with E-state index in [-0.39, 0.29) is 11.6 Å². The molecule has 0 bridgehead atoms. The Morgan fingerprint density at radius 2 is 1.79 bits per heavy atom. The third-order valence-electron chi connectivity index (χ3n) is 1.71. The molecule has 2 N–H and O–H groups in total. The van der Waals surface area contributed by atoms with Crippen molar-refractivity contribution in [2.24, 2.45) is 5.73 Å². The van der Waals surface area contributed by atoms with Crippen molar-refractivity contribution in [1.82, 2.24) is 0 Å². The van der Waals surface area contributed by atoms with E-state index in [1.54, 1.807) is 0 Å². The van der Waals surface area contributed by atoms with Crippen LogP contribution in [0.15, 0.2) is 0 Å². The van der Waals surface area contributed by atoms with Gasteiger partial charge < -0.3 is 15.2 Å². The third kappa shape index (κ3) is 11.9. The van der Waals surface area contributed by atoms with E-state index >= 15 is 0 Å². The maximum Gasteiger partial charge on any atom is 0.0707 e. The molecule has 0 amide bonds. The zero-order valence-electron chi connectivity index (χ0n) is 10.0. The van der Waals surface area contributed by atoms with Gasteiger partial charge in [0.05, 0.1) is 18.8 Å². The molecule has 0 aromatic carbocycles. The fourth-order valence-electron chi connectivity index (χ4n) is 1.02. The second kappa shape index (κ2) is 7.21. The molecule has 0 aliphatic heterocycles. The molecule has 0 heterocycles. The molecule has 0 aromatic rings. The lowest BCUT2D eigenvalue weighted by Crippen LogP contribution is -2.22. The molecule has 0 rings (SSSR count). The third-order valence-corrected chi connectivity index (χ3v) is 1.71. The van der Waals surface area contributed by atoms with Gasteiger partial charge in [0.1, 0.15) is 0 Å². The van der Waals surface area contributed by atoms with Crippen LogP contribution >= 0.6 is 0 Å². The van der Waals surface area contributed by atoms with Crippen LogP contribution in [-0.4, -0.2) is 31.5 Å². The summed E-state index contributed by atoms with van der Waals surface area (Å²) in [7, 11) is 0. The largest absolute Gasteiger partial charge is 0.379 e. The highest BCUT2D eigenvalue weighted by atomic mass is 16.5. The van der Waals surface area contributed by atoms with Crippen molar-refractivity contribution in [3.8, 4) is 0 Å². The Balaban J connectivity index is 3.07. The maximum atomic E-state index is 5.61. The minimum Gasteiger partial charge on any atom is -0.379 e. The minimum absolute atomic E-state index is 0.0604. The molecule has 1 unspecified atom stereocenters. The van der Waals surface area contributed by atoms with Crippen LogP contribution < -0.4 is 5.73 Å². The average molecular weight is 203 g/mol. The van der Waals surface area contributed by atoms with Gasteiger partial charge in [-0.25, -0.2) is 0 Å². The first-order valence-electron chi connectivity index (χ1n) is 5.39. The summed E-state index contributed by atoms with van der Waals surface area (Å²) < 4.78 is 10.9. The molecule has 3 heteroatoms. The van der Waals surface area contributed by atoms with Crippen molar-refractivity contribution in [1.29, 1.82) is 0 Å². The first kappa shape index (κ1) is 13.9. The number of nitrogens with two attached hydrogens (primary N) is 1. The smallest absolute Gasteiger partial charge is 0.0707 e. The van der Waals surface area contributed by atoms with E-state index in [1.807, 2.05) is 27.7 Å². The van der Waals surface area contributed by atoms with Crippen molar-refractivity contribution in [2.75, 3.05) is 19.8 Å². The Kier molecular flexibility index (Phi) is 7.15. The van der Waals surface area contributed by atoms with Crippen LogP contribution in [0.25, 0.3) is 0 Å². The van der Waals surface area contributed by atoms with Crippen molar-refractivity contribution in [3.63, 3.8) is 0 Å². The normalized spacial score (nSPS) is 14.4. The molecule has 1 atom stereocenters. The molecule has 14 heavy (non-hydrogen) atoms. The Morgan fingerprint density at radius 3 is 2.29 bits per heavy atom. The van der Waals surface area contributed by atoms with Crippen LogP contribution in [0.2, 0.25) is 0 Å². The summed E-state index contributed by atoms with van der Waals surface area (Å²) in [5.41, 5.74) is 5.55. The predicted octanol–water partition coefficient (Wildman–Crippen LogP) is 1.95. The van der Waals surface area contributed by atoms with Gasteiger partial charge in [0.25, 0.3) is 0 Å². The van der Waals surface area contributed by atoms with Gasteiger partial charge in [-0.2, -0.15) is 0 Å². The number of rotatable bonds is 7. The fraction of sp³-hybridized carbons (Fsp3) is 1.00. The lowest BCUT2D eigenvalue weighted by Gasteiger charge is -2.19. The van der Waals surface area contributed by atoms with E-state index in [9.17, 15) is 0 Å². The predicted molar refractivity (Wildman–Crippen MR) is 59.4 cm³/mol. The molecule has 86 valence electrons. The number of hydrogen-bond acceptors (Lipinski definition) is 3. The lowest BCUT2D eigenvalue weighted by molar-refractivity contribution is -0.0352. The standard InChI is InChI=1S/C11H25NO2/c1-10(12)6-5-7-13-8-9-14-11(2,3)4/h10H,5-9,12H2,1-4H3. The van der Waals surface area contributed by atoms with Crippen LogP contribution in [0.5, 0.6) is 0 Å². The molecule has 0 saturated carbocycles. The molecular formula is C11H25NO2. The van der Waals surface area contributed by atoms with Crippen molar-refractivity contribution in [2.45, 2.75) is 52.2 Å². The zero-order chi connectivity index (χ0) is 11.0. The summed E-state index contributed by atoms with van der Waals surface area (Å²) >= 11 is 0. The second-order valence-corrected chi connectivity index (χ2v) is 4.69. The van der Waals surface area contributed by atoms with Crippen LogP contribution in [-0.2, 0) is 9.47 Å². The second-order valence-electron chi connectivity index (χ2n) is 4.69. The quantitative estimate of drug-likeness (QED) is 0.643. The van der Waals surface area contributed by atoms with Crippen molar-refractivity contribution in [3.05, 3.63) is 0 Å². The Labute approximate surface area is 88.0 Å². The molecule has 0 spiro atoms. The lowest BCUT2D eigenvalue weighted by atomic mass is 10.2. The Bertz CT molecular complexity index is 130. The monoisotopic (exact) mass is 203 g/mol. The maximum absolute atomic E-state index is 5.61. The highest BCUT2D eigenvalue weighted by Gasteiger charge is 2.08. The van der Waals surface area contributed by atoms with Gasteiger partial charge in [0.2, 0.25) is 0 Å². The average Bonchev–Trinajstić information content (AvgIpc) is 2.00. The fourth-order valence-corrected chi connectivity index (χ4v) is 1.02. The van der Waals surface area contributed by atoms with Crippen molar-refractivity contribution >= 4 is 0 Å². The van der Waals surface area contributed by atoms with E-state index in [1.165, 1.54) is 0 Å². The molecule has 0 aromatic heterocycles. The summed E-state index contributed by atoms with van der Waals surface area (Å²) in [4.78, 5) is 0.